The highest BCUT2D eigenvalue weighted by molar-refractivity contribution is 6.46. The number of ether oxygens (including phenoxy) is 2. The molecule has 1 fully saturated rings. The molecule has 1 amide bonds. The Kier molecular flexibility index (Phi) is 6.10. The van der Waals surface area contributed by atoms with Gasteiger partial charge in [-0.2, -0.15) is 0 Å². The van der Waals surface area contributed by atoms with Crippen molar-refractivity contribution in [2.75, 3.05) is 20.8 Å². The van der Waals surface area contributed by atoms with Crippen LogP contribution >= 0.6 is 23.2 Å². The summed E-state index contributed by atoms with van der Waals surface area (Å²) in [7, 11) is 2.74. The molecule has 1 atom stereocenters. The largest absolute Gasteiger partial charge is 0.507 e. The van der Waals surface area contributed by atoms with Gasteiger partial charge in [-0.15, -0.1) is 0 Å². The number of benzene rings is 1. The minimum absolute atomic E-state index is 0.0291. The fourth-order valence-electron chi connectivity index (χ4n) is 3.39. The van der Waals surface area contributed by atoms with Crippen LogP contribution in [0.25, 0.3) is 5.76 Å². The summed E-state index contributed by atoms with van der Waals surface area (Å²) in [6.07, 6.45) is 2.05. The van der Waals surface area contributed by atoms with Gasteiger partial charge in [0.25, 0.3) is 11.7 Å². The molecule has 2 aromatic rings. The summed E-state index contributed by atoms with van der Waals surface area (Å²) in [6.45, 7) is 2.19. The third-order valence-corrected chi connectivity index (χ3v) is 5.24. The fourth-order valence-corrected chi connectivity index (χ4v) is 4.07. The monoisotopic (exact) mass is 439 g/mol. The molecule has 2 heterocycles. The average molecular weight is 440 g/mol. The topological polar surface area (TPSA) is 89.2 Å². The lowest BCUT2D eigenvalue weighted by Crippen LogP contribution is -2.30. The van der Waals surface area contributed by atoms with Crippen molar-refractivity contribution in [3.63, 3.8) is 0 Å². The molecular formula is C20H19Cl2NO6. The first-order valence-corrected chi connectivity index (χ1v) is 9.55. The molecule has 1 aliphatic heterocycles. The number of hydrogen-bond donors (Lipinski definition) is 1. The van der Waals surface area contributed by atoms with Crippen molar-refractivity contribution in [1.29, 1.82) is 0 Å². The van der Waals surface area contributed by atoms with Crippen molar-refractivity contribution < 1.29 is 28.6 Å². The summed E-state index contributed by atoms with van der Waals surface area (Å²) in [6, 6.07) is 3.77. The molecule has 154 valence electrons. The van der Waals surface area contributed by atoms with E-state index in [1.165, 1.54) is 31.4 Å². The number of carbonyl (C=O) groups excluding carboxylic acids is 2. The molecule has 1 unspecified atom stereocenters. The molecule has 0 aliphatic carbocycles. The van der Waals surface area contributed by atoms with Crippen LogP contribution in [0, 0.1) is 0 Å². The smallest absolute Gasteiger partial charge is 0.295 e. The van der Waals surface area contributed by atoms with Crippen molar-refractivity contribution in [1.82, 2.24) is 4.90 Å². The first kappa shape index (κ1) is 21.1. The van der Waals surface area contributed by atoms with E-state index in [1.807, 2.05) is 6.92 Å². The lowest BCUT2D eigenvalue weighted by molar-refractivity contribution is -0.140. The van der Waals surface area contributed by atoms with Crippen LogP contribution in [0.4, 0.5) is 0 Å². The molecule has 1 aromatic heterocycles. The molecule has 0 spiro atoms. The minimum atomic E-state index is -0.880. The van der Waals surface area contributed by atoms with Crippen LogP contribution in [0.2, 0.25) is 10.0 Å². The van der Waals surface area contributed by atoms with Crippen molar-refractivity contribution in [2.45, 2.75) is 19.4 Å². The van der Waals surface area contributed by atoms with Gasteiger partial charge in [0.05, 0.1) is 36.6 Å². The highest BCUT2D eigenvalue weighted by Crippen LogP contribution is 2.47. The second-order valence-electron chi connectivity index (χ2n) is 6.29. The standard InChI is InChI=1S/C20H19Cl2NO6/c1-4-7-23-15(12-6-5-8-29-12)13(17(25)20(23)26)16(24)10-9-11(21)19(28-3)14(22)18(10)27-2/h5-6,8-9,15,24H,4,7H2,1-3H3/b16-13-. The Labute approximate surface area is 177 Å². The van der Waals surface area contributed by atoms with Crippen LogP contribution in [0.15, 0.2) is 34.5 Å². The van der Waals surface area contributed by atoms with E-state index >= 15 is 0 Å². The van der Waals surface area contributed by atoms with E-state index in [1.54, 1.807) is 12.1 Å². The zero-order valence-electron chi connectivity index (χ0n) is 16.0. The Balaban J connectivity index is 2.28. The number of amides is 1. The molecule has 0 radical (unpaired) electrons. The van der Waals surface area contributed by atoms with Gasteiger partial charge >= 0.3 is 0 Å². The Morgan fingerprint density at radius 2 is 1.93 bits per heavy atom. The van der Waals surface area contributed by atoms with Crippen molar-refractivity contribution in [2.24, 2.45) is 0 Å². The number of rotatable bonds is 6. The van der Waals surface area contributed by atoms with Gasteiger partial charge < -0.3 is 23.9 Å². The van der Waals surface area contributed by atoms with E-state index in [0.29, 0.717) is 18.7 Å². The van der Waals surface area contributed by atoms with Gasteiger partial charge in [0.2, 0.25) is 0 Å². The number of ketones is 1. The van der Waals surface area contributed by atoms with Gasteiger partial charge in [-0.05, 0) is 24.6 Å². The van der Waals surface area contributed by atoms with Crippen LogP contribution in [-0.4, -0.2) is 42.5 Å². The zero-order valence-corrected chi connectivity index (χ0v) is 17.5. The molecule has 0 saturated carbocycles. The predicted molar refractivity (Wildman–Crippen MR) is 108 cm³/mol. The molecule has 3 rings (SSSR count). The number of nitrogens with zero attached hydrogens (tertiary/aromatic N) is 1. The number of aliphatic hydroxyl groups excluding tert-OH is 1. The SMILES string of the molecule is CCCN1C(=O)C(=O)/C(=C(\O)c2cc(Cl)c(OC)c(Cl)c2OC)C1c1ccco1. The highest BCUT2D eigenvalue weighted by atomic mass is 35.5. The van der Waals surface area contributed by atoms with Gasteiger partial charge in [0, 0.05) is 6.54 Å². The van der Waals surface area contributed by atoms with Gasteiger partial charge in [-0.1, -0.05) is 30.1 Å². The molecule has 1 N–H and O–H groups in total. The molecular weight excluding hydrogens is 421 g/mol. The third kappa shape index (κ3) is 3.45. The molecule has 1 aliphatic rings. The van der Waals surface area contributed by atoms with Gasteiger partial charge in [-0.25, -0.2) is 0 Å². The van der Waals surface area contributed by atoms with Gasteiger partial charge in [0.1, 0.15) is 22.6 Å². The second-order valence-corrected chi connectivity index (χ2v) is 7.08. The third-order valence-electron chi connectivity index (χ3n) is 4.61. The van der Waals surface area contributed by atoms with Crippen LogP contribution in [0.5, 0.6) is 11.5 Å². The number of aliphatic hydroxyl groups is 1. The van der Waals surface area contributed by atoms with E-state index in [9.17, 15) is 14.7 Å². The van der Waals surface area contributed by atoms with Gasteiger partial charge in [0.15, 0.2) is 11.5 Å². The first-order chi connectivity index (χ1) is 13.9. The number of carbonyl (C=O) groups is 2. The number of halogens is 2. The zero-order chi connectivity index (χ0) is 21.3. The van der Waals surface area contributed by atoms with Crippen LogP contribution in [-0.2, 0) is 9.59 Å². The van der Waals surface area contributed by atoms with Crippen molar-refractivity contribution in [3.8, 4) is 11.5 Å². The number of hydrogen-bond acceptors (Lipinski definition) is 6. The summed E-state index contributed by atoms with van der Waals surface area (Å²) in [5, 5.41) is 11.2. The Hall–Kier alpha value is -2.64. The Morgan fingerprint density at radius 3 is 2.48 bits per heavy atom. The maximum Gasteiger partial charge on any atom is 0.295 e. The number of methoxy groups -OCH3 is 2. The quantitative estimate of drug-likeness (QED) is 0.406. The summed E-state index contributed by atoms with van der Waals surface area (Å²) >= 11 is 12.5. The van der Waals surface area contributed by atoms with Gasteiger partial charge in [-0.3, -0.25) is 9.59 Å². The van der Waals surface area contributed by atoms with Crippen LogP contribution < -0.4 is 9.47 Å². The molecule has 7 nitrogen and oxygen atoms in total. The Morgan fingerprint density at radius 1 is 1.24 bits per heavy atom. The minimum Gasteiger partial charge on any atom is -0.507 e. The summed E-state index contributed by atoms with van der Waals surface area (Å²) in [4.78, 5) is 26.8. The number of Topliss-reactive ketones (excluding diaryl/α,β-unsaturated/α-hetero) is 1. The number of likely N-dealkylation sites (tertiary alicyclic amines) is 1. The van der Waals surface area contributed by atoms with E-state index in [-0.39, 0.29) is 32.7 Å². The Bertz CT molecular complexity index is 983. The molecule has 1 aromatic carbocycles. The predicted octanol–water partition coefficient (Wildman–Crippen LogP) is 4.44. The normalized spacial score (nSPS) is 18.4. The van der Waals surface area contributed by atoms with Crippen molar-refractivity contribution >= 4 is 40.7 Å². The maximum absolute atomic E-state index is 12.8. The van der Waals surface area contributed by atoms with Crippen LogP contribution in [0.1, 0.15) is 30.7 Å². The van der Waals surface area contributed by atoms with Crippen LogP contribution in [0.3, 0.4) is 0 Å². The molecule has 9 heteroatoms. The highest BCUT2D eigenvalue weighted by Gasteiger charge is 2.47. The maximum atomic E-state index is 12.8. The van der Waals surface area contributed by atoms with E-state index in [0.717, 1.165) is 0 Å². The summed E-state index contributed by atoms with van der Waals surface area (Å²) in [5.74, 6) is -1.45. The lowest BCUT2D eigenvalue weighted by Gasteiger charge is -2.23. The number of furan rings is 1. The van der Waals surface area contributed by atoms with E-state index in [4.69, 9.17) is 37.1 Å². The summed E-state index contributed by atoms with van der Waals surface area (Å²) in [5.41, 5.74) is -0.0663. The summed E-state index contributed by atoms with van der Waals surface area (Å²) < 4.78 is 15.9. The average Bonchev–Trinajstić information content (AvgIpc) is 3.30. The van der Waals surface area contributed by atoms with Crippen molar-refractivity contribution in [3.05, 3.63) is 51.4 Å². The first-order valence-electron chi connectivity index (χ1n) is 8.79. The molecule has 1 saturated heterocycles. The van der Waals surface area contributed by atoms with E-state index in [2.05, 4.69) is 0 Å². The lowest BCUT2D eigenvalue weighted by atomic mass is 9.98. The fraction of sp³-hybridized carbons (Fsp3) is 0.300. The molecule has 29 heavy (non-hydrogen) atoms. The van der Waals surface area contributed by atoms with E-state index < -0.39 is 23.5 Å². The molecule has 0 bridgehead atoms. The second kappa shape index (κ2) is 8.39.